The quantitative estimate of drug-likeness (QED) is 0.481. The lowest BCUT2D eigenvalue weighted by Gasteiger charge is -2.18. The predicted octanol–water partition coefficient (Wildman–Crippen LogP) is 5.98. The molecule has 142 valence electrons. The van der Waals surface area contributed by atoms with E-state index >= 15 is 0 Å². The highest BCUT2D eigenvalue weighted by atomic mass is 31.2. The summed E-state index contributed by atoms with van der Waals surface area (Å²) in [6.07, 6.45) is 0.390. The van der Waals surface area contributed by atoms with Crippen LogP contribution in [0.25, 0.3) is 5.70 Å². The molecule has 28 heavy (non-hydrogen) atoms. The third kappa shape index (κ3) is 5.97. The standard InChI is InChI=1S/C23H22NO3P/c1-2-23(25)24-22(19-12-6-3-7-13-19)18-28(26-20-14-8-4-9-15-20)27-21-16-10-5-11-17-21/h3-18H,2H2,1H3,(H,24,25). The van der Waals surface area contributed by atoms with Gasteiger partial charge in [-0.05, 0) is 29.8 Å². The molecule has 0 radical (unpaired) electrons. The fourth-order valence-electron chi connectivity index (χ4n) is 2.38. The van der Waals surface area contributed by atoms with Crippen molar-refractivity contribution >= 4 is 20.0 Å². The van der Waals surface area contributed by atoms with Gasteiger partial charge in [-0.3, -0.25) is 4.79 Å². The topological polar surface area (TPSA) is 47.6 Å². The molecule has 0 aliphatic rings. The van der Waals surface area contributed by atoms with Crippen molar-refractivity contribution in [2.45, 2.75) is 13.3 Å². The van der Waals surface area contributed by atoms with Crippen LogP contribution in [0.3, 0.4) is 0 Å². The Balaban J connectivity index is 1.93. The van der Waals surface area contributed by atoms with E-state index in [1.54, 1.807) is 0 Å². The molecular weight excluding hydrogens is 369 g/mol. The Kier molecular flexibility index (Phi) is 7.22. The molecule has 3 rings (SSSR count). The van der Waals surface area contributed by atoms with Gasteiger partial charge in [-0.1, -0.05) is 73.7 Å². The Labute approximate surface area is 166 Å². The van der Waals surface area contributed by atoms with E-state index in [9.17, 15) is 4.79 Å². The smallest absolute Gasteiger partial charge is 0.320 e. The van der Waals surface area contributed by atoms with Crippen LogP contribution in [-0.2, 0) is 4.79 Å². The van der Waals surface area contributed by atoms with Crippen LogP contribution in [0.15, 0.2) is 96.8 Å². The third-order valence-corrected chi connectivity index (χ3v) is 5.04. The Morgan fingerprint density at radius 1 is 0.821 bits per heavy atom. The summed E-state index contributed by atoms with van der Waals surface area (Å²) in [6, 6.07) is 28.7. The summed E-state index contributed by atoms with van der Waals surface area (Å²) in [5, 5.41) is 2.96. The number of nitrogens with one attached hydrogen (secondary N) is 1. The lowest BCUT2D eigenvalue weighted by atomic mass is 10.2. The van der Waals surface area contributed by atoms with E-state index in [-0.39, 0.29) is 5.91 Å². The van der Waals surface area contributed by atoms with E-state index in [0.29, 0.717) is 23.6 Å². The zero-order valence-corrected chi connectivity index (χ0v) is 16.5. The average Bonchev–Trinajstić information content (AvgIpc) is 2.75. The summed E-state index contributed by atoms with van der Waals surface area (Å²) < 4.78 is 12.2. The van der Waals surface area contributed by atoms with Crippen molar-refractivity contribution in [3.05, 3.63) is 102 Å². The van der Waals surface area contributed by atoms with Gasteiger partial charge in [0.15, 0.2) is 0 Å². The van der Waals surface area contributed by atoms with Crippen LogP contribution >= 0.6 is 8.38 Å². The second-order valence-electron chi connectivity index (χ2n) is 5.90. The number of hydrogen-bond donors (Lipinski definition) is 1. The van der Waals surface area contributed by atoms with Crippen molar-refractivity contribution in [3.63, 3.8) is 0 Å². The van der Waals surface area contributed by atoms with Gasteiger partial charge < -0.3 is 14.4 Å². The minimum Gasteiger partial charge on any atom is -0.436 e. The molecule has 0 heterocycles. The zero-order valence-electron chi connectivity index (χ0n) is 15.6. The number of benzene rings is 3. The van der Waals surface area contributed by atoms with Crippen LogP contribution in [0.4, 0.5) is 0 Å². The second-order valence-corrected chi connectivity index (χ2v) is 7.10. The van der Waals surface area contributed by atoms with Crippen molar-refractivity contribution in [2.75, 3.05) is 0 Å². The van der Waals surface area contributed by atoms with Gasteiger partial charge >= 0.3 is 8.38 Å². The molecule has 5 heteroatoms. The maximum absolute atomic E-state index is 12.1. The fourth-order valence-corrected chi connectivity index (χ4v) is 3.61. The first-order chi connectivity index (χ1) is 13.7. The summed E-state index contributed by atoms with van der Waals surface area (Å²) in [5.41, 5.74) is 1.57. The van der Waals surface area contributed by atoms with E-state index in [1.807, 2.05) is 104 Å². The van der Waals surface area contributed by atoms with Gasteiger partial charge in [-0.2, -0.15) is 0 Å². The van der Waals surface area contributed by atoms with Crippen LogP contribution in [0.5, 0.6) is 11.5 Å². The van der Waals surface area contributed by atoms with Gasteiger partial charge in [0.05, 0.1) is 5.70 Å². The number of para-hydroxylation sites is 2. The first-order valence-electron chi connectivity index (χ1n) is 9.07. The van der Waals surface area contributed by atoms with E-state index < -0.39 is 8.38 Å². The molecule has 0 atom stereocenters. The third-order valence-electron chi connectivity index (χ3n) is 3.79. The fraction of sp³-hybridized carbons (Fsp3) is 0.0870. The van der Waals surface area contributed by atoms with Crippen molar-refractivity contribution in [2.24, 2.45) is 0 Å². The van der Waals surface area contributed by atoms with E-state index in [2.05, 4.69) is 5.32 Å². The maximum Gasteiger partial charge on any atom is 0.320 e. The Hall–Kier alpha value is -3.10. The second kappa shape index (κ2) is 10.3. The summed E-state index contributed by atoms with van der Waals surface area (Å²) >= 11 is 0. The van der Waals surface area contributed by atoms with E-state index in [4.69, 9.17) is 9.05 Å². The number of rotatable bonds is 8. The highest BCUT2D eigenvalue weighted by molar-refractivity contribution is 7.51. The maximum atomic E-state index is 12.1. The summed E-state index contributed by atoms with van der Waals surface area (Å²) in [7, 11) is -1.49. The van der Waals surface area contributed by atoms with Gasteiger partial charge in [-0.25, -0.2) is 0 Å². The lowest BCUT2D eigenvalue weighted by molar-refractivity contribution is -0.119. The van der Waals surface area contributed by atoms with Crippen molar-refractivity contribution in [1.29, 1.82) is 0 Å². The minimum atomic E-state index is -1.49. The van der Waals surface area contributed by atoms with E-state index in [0.717, 1.165) is 5.56 Å². The molecule has 0 saturated heterocycles. The average molecular weight is 391 g/mol. The molecule has 0 aliphatic heterocycles. The summed E-state index contributed by atoms with van der Waals surface area (Å²) in [6.45, 7) is 1.82. The summed E-state index contributed by atoms with van der Waals surface area (Å²) in [4.78, 5) is 12.1. The van der Waals surface area contributed by atoms with Gasteiger partial charge in [0.1, 0.15) is 11.5 Å². The molecule has 1 amide bonds. The van der Waals surface area contributed by atoms with Gasteiger partial charge in [0.2, 0.25) is 5.91 Å². The monoisotopic (exact) mass is 391 g/mol. The zero-order chi connectivity index (χ0) is 19.6. The van der Waals surface area contributed by atoms with Gasteiger partial charge in [0, 0.05) is 12.2 Å². The van der Waals surface area contributed by atoms with Crippen LogP contribution in [-0.4, -0.2) is 5.91 Å². The Bertz CT molecular complexity index is 857. The summed E-state index contributed by atoms with van der Waals surface area (Å²) in [5.74, 6) is 3.19. The number of amides is 1. The number of carbonyl (C=O) groups excluding carboxylic acids is 1. The molecule has 0 aromatic heterocycles. The van der Waals surface area contributed by atoms with Crippen LogP contribution in [0.2, 0.25) is 0 Å². The molecule has 0 saturated carbocycles. The highest BCUT2D eigenvalue weighted by Gasteiger charge is 2.16. The molecule has 3 aromatic rings. The first kappa shape index (κ1) is 19.7. The molecule has 4 nitrogen and oxygen atoms in total. The van der Waals surface area contributed by atoms with Crippen molar-refractivity contribution < 1.29 is 13.8 Å². The largest absolute Gasteiger partial charge is 0.436 e. The Morgan fingerprint density at radius 2 is 1.29 bits per heavy atom. The Morgan fingerprint density at radius 3 is 1.75 bits per heavy atom. The molecular formula is C23H22NO3P. The molecule has 0 bridgehead atoms. The number of hydrogen-bond acceptors (Lipinski definition) is 3. The van der Waals surface area contributed by atoms with E-state index in [1.165, 1.54) is 0 Å². The van der Waals surface area contributed by atoms with Crippen LogP contribution in [0, 0.1) is 0 Å². The van der Waals surface area contributed by atoms with Crippen LogP contribution in [0.1, 0.15) is 18.9 Å². The SMILES string of the molecule is CCC(=O)NC(=CP(Oc1ccccc1)Oc1ccccc1)c1ccccc1. The molecule has 0 fully saturated rings. The van der Waals surface area contributed by atoms with Gasteiger partial charge in [-0.15, -0.1) is 0 Å². The number of carbonyl (C=O) groups is 1. The lowest BCUT2D eigenvalue weighted by Crippen LogP contribution is -2.20. The van der Waals surface area contributed by atoms with Gasteiger partial charge in [0.25, 0.3) is 0 Å². The molecule has 0 spiro atoms. The molecule has 3 aromatic carbocycles. The molecule has 1 N–H and O–H groups in total. The highest BCUT2D eigenvalue weighted by Crippen LogP contribution is 2.43. The first-order valence-corrected chi connectivity index (χ1v) is 10.3. The molecule has 0 aliphatic carbocycles. The van der Waals surface area contributed by atoms with Crippen LogP contribution < -0.4 is 14.4 Å². The van der Waals surface area contributed by atoms with Crippen molar-refractivity contribution in [1.82, 2.24) is 5.32 Å². The normalized spacial score (nSPS) is 11.1. The minimum absolute atomic E-state index is 0.0653. The van der Waals surface area contributed by atoms with Crippen molar-refractivity contribution in [3.8, 4) is 11.5 Å². The molecule has 0 unspecified atom stereocenters. The predicted molar refractivity (Wildman–Crippen MR) is 114 cm³/mol.